The number of unbranched alkanes of at least 4 members (excludes halogenated alkanes) is 1. The first-order valence-corrected chi connectivity index (χ1v) is 9.03. The summed E-state index contributed by atoms with van der Waals surface area (Å²) < 4.78 is 7.51. The number of nitrogens with zero attached hydrogens (tertiary/aromatic N) is 2. The van der Waals surface area contributed by atoms with Crippen molar-refractivity contribution in [2.45, 2.75) is 40.2 Å². The topological polar surface area (TPSA) is 44.1 Å². The number of fused-ring (bicyclic) bond motifs is 1. The van der Waals surface area contributed by atoms with Crippen LogP contribution in [0.2, 0.25) is 0 Å². The zero-order valence-corrected chi connectivity index (χ0v) is 15.2. The lowest BCUT2D eigenvalue weighted by atomic mass is 10.2. The average molecular weight is 342 g/mol. The van der Waals surface area contributed by atoms with Crippen LogP contribution in [0.25, 0.3) is 10.2 Å². The maximum Gasteiger partial charge on any atom is 0.262 e. The first-order valence-electron chi connectivity index (χ1n) is 8.21. The minimum Gasteiger partial charge on any atom is -0.494 e. The third-order valence-corrected chi connectivity index (χ3v) is 4.98. The highest BCUT2D eigenvalue weighted by molar-refractivity contribution is 7.18. The van der Waals surface area contributed by atoms with Crippen LogP contribution in [-0.2, 0) is 6.54 Å². The normalized spacial score (nSPS) is 11.1. The fraction of sp³-hybridized carbons (Fsp3) is 0.368. The summed E-state index contributed by atoms with van der Waals surface area (Å²) in [6.45, 7) is 7.31. The van der Waals surface area contributed by atoms with Crippen LogP contribution in [0.15, 0.2) is 35.1 Å². The fourth-order valence-corrected chi connectivity index (χ4v) is 3.61. The van der Waals surface area contributed by atoms with E-state index in [-0.39, 0.29) is 5.56 Å². The van der Waals surface area contributed by atoms with Gasteiger partial charge >= 0.3 is 0 Å². The van der Waals surface area contributed by atoms with Gasteiger partial charge in [0.25, 0.3) is 5.56 Å². The molecule has 0 aliphatic carbocycles. The van der Waals surface area contributed by atoms with Crippen LogP contribution >= 0.6 is 11.3 Å². The van der Waals surface area contributed by atoms with Crippen LogP contribution in [-0.4, -0.2) is 16.2 Å². The molecule has 2 heterocycles. The molecule has 1 aromatic carbocycles. The highest BCUT2D eigenvalue weighted by Crippen LogP contribution is 2.20. The molecule has 24 heavy (non-hydrogen) atoms. The molecule has 0 atom stereocenters. The minimum absolute atomic E-state index is 0.0707. The summed E-state index contributed by atoms with van der Waals surface area (Å²) in [4.78, 5) is 19.1. The smallest absolute Gasteiger partial charge is 0.262 e. The maximum absolute atomic E-state index is 12.6. The molecule has 0 saturated heterocycles. The van der Waals surface area contributed by atoms with Gasteiger partial charge in [0.15, 0.2) is 0 Å². The number of benzene rings is 1. The summed E-state index contributed by atoms with van der Waals surface area (Å²) in [5, 5.41) is 0.735. The van der Waals surface area contributed by atoms with Crippen LogP contribution in [0.5, 0.6) is 5.75 Å². The summed E-state index contributed by atoms with van der Waals surface area (Å²) in [5.41, 5.74) is 1.30. The summed E-state index contributed by atoms with van der Waals surface area (Å²) in [6.07, 6.45) is 1.80. The second-order valence-electron chi connectivity index (χ2n) is 6.06. The van der Waals surface area contributed by atoms with Crippen molar-refractivity contribution in [3.05, 3.63) is 57.0 Å². The number of hydrogen-bond donors (Lipinski definition) is 0. The molecule has 4 nitrogen and oxygen atoms in total. The van der Waals surface area contributed by atoms with Crippen LogP contribution in [0.4, 0.5) is 0 Å². The molecule has 0 radical (unpaired) electrons. The molecule has 126 valence electrons. The van der Waals surface area contributed by atoms with Crippen molar-refractivity contribution in [1.29, 1.82) is 0 Å². The van der Waals surface area contributed by atoms with Gasteiger partial charge < -0.3 is 4.74 Å². The van der Waals surface area contributed by atoms with E-state index < -0.39 is 0 Å². The Morgan fingerprint density at radius 3 is 2.62 bits per heavy atom. The molecule has 0 unspecified atom stereocenters. The fourth-order valence-electron chi connectivity index (χ4n) is 2.70. The van der Waals surface area contributed by atoms with Crippen molar-refractivity contribution in [2.24, 2.45) is 0 Å². The van der Waals surface area contributed by atoms with Crippen molar-refractivity contribution in [3.63, 3.8) is 0 Å². The molecule has 0 fully saturated rings. The number of aryl methyl sites for hydroxylation is 3. The van der Waals surface area contributed by atoms with E-state index in [9.17, 15) is 4.79 Å². The maximum atomic E-state index is 12.6. The molecule has 5 heteroatoms. The number of hydrogen-bond acceptors (Lipinski definition) is 4. The van der Waals surface area contributed by atoms with Crippen molar-refractivity contribution in [1.82, 2.24) is 9.55 Å². The lowest BCUT2D eigenvalue weighted by Crippen LogP contribution is -2.23. The van der Waals surface area contributed by atoms with Gasteiger partial charge in [-0.1, -0.05) is 17.7 Å². The molecule has 0 aliphatic heterocycles. The predicted octanol–water partition coefficient (Wildman–Crippen LogP) is 4.24. The number of aromatic nitrogens is 2. The van der Waals surface area contributed by atoms with Crippen LogP contribution in [0.1, 0.15) is 29.1 Å². The monoisotopic (exact) mass is 342 g/mol. The quantitative estimate of drug-likeness (QED) is 0.629. The van der Waals surface area contributed by atoms with Crippen molar-refractivity contribution in [2.75, 3.05) is 6.61 Å². The molecule has 2 aromatic heterocycles. The van der Waals surface area contributed by atoms with Crippen LogP contribution in [0.3, 0.4) is 0 Å². The Morgan fingerprint density at radius 1 is 1.12 bits per heavy atom. The van der Waals surface area contributed by atoms with Crippen molar-refractivity contribution in [3.8, 4) is 5.75 Å². The first kappa shape index (κ1) is 16.7. The molecular weight excluding hydrogens is 320 g/mol. The van der Waals surface area contributed by atoms with E-state index in [1.807, 2.05) is 44.2 Å². The van der Waals surface area contributed by atoms with E-state index in [1.165, 1.54) is 5.56 Å². The zero-order valence-electron chi connectivity index (χ0n) is 14.3. The van der Waals surface area contributed by atoms with E-state index in [0.29, 0.717) is 13.2 Å². The highest BCUT2D eigenvalue weighted by Gasteiger charge is 2.10. The molecule has 0 N–H and O–H groups in total. The molecule has 3 rings (SSSR count). The number of rotatable bonds is 6. The molecule has 0 saturated carbocycles. The Bertz CT molecular complexity index is 894. The standard InChI is InChI=1S/C19H22N2O2S/c1-13-6-8-16(9-7-13)23-11-5-4-10-21-15(3)20-18-17(19(21)22)12-14(2)24-18/h6-9,12H,4-5,10-11H2,1-3H3. The van der Waals surface area contributed by atoms with Gasteiger partial charge in [-0.2, -0.15) is 0 Å². The summed E-state index contributed by atoms with van der Waals surface area (Å²) in [6, 6.07) is 10.00. The third-order valence-electron chi connectivity index (χ3n) is 4.03. The molecular formula is C19H22N2O2S. The van der Waals surface area contributed by atoms with Crippen LogP contribution < -0.4 is 10.3 Å². The Kier molecular flexibility index (Phi) is 5.00. The Morgan fingerprint density at radius 2 is 1.88 bits per heavy atom. The van der Waals surface area contributed by atoms with Gasteiger partial charge in [0.05, 0.1) is 12.0 Å². The zero-order chi connectivity index (χ0) is 17.1. The van der Waals surface area contributed by atoms with Gasteiger partial charge in [0.1, 0.15) is 16.4 Å². The van der Waals surface area contributed by atoms with E-state index in [1.54, 1.807) is 15.9 Å². The predicted molar refractivity (Wildman–Crippen MR) is 99.3 cm³/mol. The van der Waals surface area contributed by atoms with Gasteiger partial charge in [0, 0.05) is 11.4 Å². The molecule has 0 spiro atoms. The van der Waals surface area contributed by atoms with Gasteiger partial charge in [-0.15, -0.1) is 11.3 Å². The highest BCUT2D eigenvalue weighted by atomic mass is 32.1. The van der Waals surface area contributed by atoms with Gasteiger partial charge in [-0.05, 0) is 51.8 Å². The van der Waals surface area contributed by atoms with Crippen molar-refractivity contribution < 1.29 is 4.74 Å². The van der Waals surface area contributed by atoms with Gasteiger partial charge in [0.2, 0.25) is 0 Å². The van der Waals surface area contributed by atoms with Gasteiger partial charge in [-0.3, -0.25) is 9.36 Å². The SMILES string of the molecule is Cc1ccc(OCCCCn2c(C)nc3sc(C)cc3c2=O)cc1. The minimum atomic E-state index is 0.0707. The number of thiophene rings is 1. The number of ether oxygens (including phenoxy) is 1. The Balaban J connectivity index is 1.57. The molecule has 0 bridgehead atoms. The lowest BCUT2D eigenvalue weighted by molar-refractivity contribution is 0.302. The van der Waals surface area contributed by atoms with E-state index in [4.69, 9.17) is 4.74 Å². The Labute approximate surface area is 145 Å². The largest absolute Gasteiger partial charge is 0.494 e. The summed E-state index contributed by atoms with van der Waals surface area (Å²) >= 11 is 1.58. The van der Waals surface area contributed by atoms with Crippen molar-refractivity contribution >= 4 is 21.6 Å². The van der Waals surface area contributed by atoms with Gasteiger partial charge in [-0.25, -0.2) is 4.98 Å². The third kappa shape index (κ3) is 3.67. The van der Waals surface area contributed by atoms with Crippen LogP contribution in [0, 0.1) is 20.8 Å². The van der Waals surface area contributed by atoms with E-state index in [0.717, 1.165) is 39.5 Å². The molecule has 0 amide bonds. The first-order chi connectivity index (χ1) is 11.5. The lowest BCUT2D eigenvalue weighted by Gasteiger charge is -2.10. The molecule has 3 aromatic rings. The summed E-state index contributed by atoms with van der Waals surface area (Å²) in [5.74, 6) is 1.68. The Hall–Kier alpha value is -2.14. The summed E-state index contributed by atoms with van der Waals surface area (Å²) in [7, 11) is 0. The molecule has 0 aliphatic rings. The second kappa shape index (κ2) is 7.18. The van der Waals surface area contributed by atoms with E-state index in [2.05, 4.69) is 11.9 Å². The average Bonchev–Trinajstić information content (AvgIpc) is 2.92. The second-order valence-corrected chi connectivity index (χ2v) is 7.30. The van der Waals surface area contributed by atoms with E-state index >= 15 is 0 Å².